The van der Waals surface area contributed by atoms with Crippen LogP contribution < -0.4 is 10.9 Å². The van der Waals surface area contributed by atoms with Crippen LogP contribution in [0.5, 0.6) is 0 Å². The van der Waals surface area contributed by atoms with Crippen LogP contribution in [0.25, 0.3) is 0 Å². The number of aromatic nitrogens is 2. The summed E-state index contributed by atoms with van der Waals surface area (Å²) in [5, 5.41) is 7.70. The molecule has 0 atom stereocenters. The lowest BCUT2D eigenvalue weighted by Gasteiger charge is -2.20. The van der Waals surface area contributed by atoms with Gasteiger partial charge in [0.25, 0.3) is 5.56 Å². The highest BCUT2D eigenvalue weighted by Gasteiger charge is 2.18. The Bertz CT molecular complexity index is 924. The Hall–Kier alpha value is -2.05. The number of amides is 1. The van der Waals surface area contributed by atoms with Gasteiger partial charge in [-0.2, -0.15) is 5.10 Å². The highest BCUT2D eigenvalue weighted by Crippen LogP contribution is 2.31. The minimum atomic E-state index is -0.610. The van der Waals surface area contributed by atoms with Crippen LogP contribution in [0.4, 0.5) is 10.5 Å². The van der Waals surface area contributed by atoms with E-state index in [0.29, 0.717) is 39.0 Å². The maximum Gasteiger partial charge on any atom is 0.412 e. The second-order valence-corrected chi connectivity index (χ2v) is 8.71. The van der Waals surface area contributed by atoms with Crippen LogP contribution in [0.2, 0.25) is 10.0 Å². The number of nitrogens with zero attached hydrogens (tertiary/aromatic N) is 2. The summed E-state index contributed by atoms with van der Waals surface area (Å²) in [6, 6.07) is 5.00. The van der Waals surface area contributed by atoms with Crippen molar-refractivity contribution >= 4 is 35.0 Å². The number of aryl methyl sites for hydroxylation is 1. The lowest BCUT2D eigenvalue weighted by Crippen LogP contribution is -2.27. The first-order chi connectivity index (χ1) is 12.9. The number of nitrogens with one attached hydrogen (secondary N) is 1. The van der Waals surface area contributed by atoms with Crippen LogP contribution in [-0.2, 0) is 18.2 Å². The van der Waals surface area contributed by atoms with Gasteiger partial charge in [0.2, 0.25) is 0 Å². The molecule has 1 amide bonds. The van der Waals surface area contributed by atoms with Gasteiger partial charge in [-0.3, -0.25) is 10.1 Å². The van der Waals surface area contributed by atoms with Crippen molar-refractivity contribution in [2.24, 2.45) is 7.05 Å². The molecule has 2 aromatic rings. The van der Waals surface area contributed by atoms with E-state index in [1.54, 1.807) is 46.0 Å². The first kappa shape index (κ1) is 22.2. The van der Waals surface area contributed by atoms with Gasteiger partial charge >= 0.3 is 6.09 Å². The Labute approximate surface area is 174 Å². The zero-order valence-corrected chi connectivity index (χ0v) is 18.4. The van der Waals surface area contributed by atoms with E-state index < -0.39 is 11.7 Å². The van der Waals surface area contributed by atoms with Gasteiger partial charge < -0.3 is 4.74 Å². The molecule has 8 heteroatoms. The fourth-order valence-electron chi connectivity index (χ4n) is 2.64. The lowest BCUT2D eigenvalue weighted by molar-refractivity contribution is 0.0636. The molecule has 0 saturated heterocycles. The Morgan fingerprint density at radius 2 is 1.79 bits per heavy atom. The number of carbonyl (C=O) groups is 1. The van der Waals surface area contributed by atoms with Crippen molar-refractivity contribution in [2.75, 3.05) is 5.32 Å². The average molecular weight is 426 g/mol. The van der Waals surface area contributed by atoms with Gasteiger partial charge in [0.15, 0.2) is 0 Å². The van der Waals surface area contributed by atoms with Crippen LogP contribution >= 0.6 is 23.2 Å². The topological polar surface area (TPSA) is 73.2 Å². The van der Waals surface area contributed by atoms with Crippen molar-refractivity contribution < 1.29 is 9.53 Å². The van der Waals surface area contributed by atoms with E-state index in [1.807, 2.05) is 13.8 Å². The second kappa shape index (κ2) is 8.53. The van der Waals surface area contributed by atoms with E-state index in [4.69, 9.17) is 27.9 Å². The predicted molar refractivity (Wildman–Crippen MR) is 113 cm³/mol. The summed E-state index contributed by atoms with van der Waals surface area (Å²) < 4.78 is 6.55. The van der Waals surface area contributed by atoms with Crippen molar-refractivity contribution in [3.63, 3.8) is 0 Å². The van der Waals surface area contributed by atoms with Crippen LogP contribution in [-0.4, -0.2) is 21.5 Å². The van der Waals surface area contributed by atoms with Crippen molar-refractivity contribution in [1.82, 2.24) is 9.78 Å². The number of ether oxygens (including phenoxy) is 1. The SMILES string of the molecule is CC(C)c1cc(Cc2c(Cl)cc(NC(=O)OC(C)(C)C)cc2Cl)nn(C)c1=O. The summed E-state index contributed by atoms with van der Waals surface area (Å²) in [4.78, 5) is 24.1. The first-order valence-corrected chi connectivity index (χ1v) is 9.68. The quantitative estimate of drug-likeness (QED) is 0.734. The Kier molecular flexibility index (Phi) is 6.78. The Morgan fingerprint density at radius 3 is 2.29 bits per heavy atom. The number of benzene rings is 1. The number of rotatable bonds is 4. The van der Waals surface area contributed by atoms with E-state index in [2.05, 4.69) is 10.4 Å². The molecule has 0 aliphatic carbocycles. The van der Waals surface area contributed by atoms with Crippen molar-refractivity contribution in [3.05, 3.63) is 55.4 Å². The highest BCUT2D eigenvalue weighted by atomic mass is 35.5. The molecule has 0 fully saturated rings. The van der Waals surface area contributed by atoms with Gasteiger partial charge in [0.05, 0.1) is 5.69 Å². The van der Waals surface area contributed by atoms with E-state index in [0.717, 1.165) is 0 Å². The smallest absolute Gasteiger partial charge is 0.412 e. The van der Waals surface area contributed by atoms with Crippen LogP contribution in [0, 0.1) is 0 Å². The van der Waals surface area contributed by atoms with E-state index in [-0.39, 0.29) is 11.5 Å². The van der Waals surface area contributed by atoms with E-state index in [9.17, 15) is 9.59 Å². The zero-order valence-electron chi connectivity index (χ0n) is 16.9. The lowest BCUT2D eigenvalue weighted by atomic mass is 10.0. The summed E-state index contributed by atoms with van der Waals surface area (Å²) in [6.07, 6.45) is -0.230. The molecule has 1 N–H and O–H groups in total. The number of halogens is 2. The fourth-order valence-corrected chi connectivity index (χ4v) is 3.26. The molecule has 0 aliphatic heterocycles. The predicted octanol–water partition coefficient (Wildman–Crippen LogP) is 5.15. The minimum Gasteiger partial charge on any atom is -0.444 e. The second-order valence-electron chi connectivity index (χ2n) is 7.90. The molecule has 0 saturated carbocycles. The highest BCUT2D eigenvalue weighted by molar-refractivity contribution is 6.36. The molecule has 0 unspecified atom stereocenters. The largest absolute Gasteiger partial charge is 0.444 e. The minimum absolute atomic E-state index is 0.0757. The third kappa shape index (κ3) is 5.72. The molecule has 1 heterocycles. The summed E-state index contributed by atoms with van der Waals surface area (Å²) >= 11 is 12.8. The Morgan fingerprint density at radius 1 is 1.21 bits per heavy atom. The van der Waals surface area contributed by atoms with Gasteiger partial charge in [-0.05, 0) is 50.5 Å². The standard InChI is InChI=1S/C20H25Cl2N3O3/c1-11(2)14-7-13(24-25(6)18(14)26)8-15-16(21)9-12(10-17(15)22)23-19(27)28-20(3,4)5/h7,9-11H,8H2,1-6H3,(H,23,27). The molecular formula is C20H25Cl2N3O3. The molecular weight excluding hydrogens is 401 g/mol. The van der Waals surface area contributed by atoms with Crippen LogP contribution in [0.1, 0.15) is 57.4 Å². The number of hydrogen-bond acceptors (Lipinski definition) is 4. The molecule has 0 spiro atoms. The molecule has 0 aliphatic rings. The normalized spacial score (nSPS) is 11.6. The van der Waals surface area contributed by atoms with Gasteiger partial charge in [-0.15, -0.1) is 0 Å². The van der Waals surface area contributed by atoms with Gasteiger partial charge in [0, 0.05) is 34.8 Å². The molecule has 1 aromatic heterocycles. The summed E-state index contributed by atoms with van der Waals surface area (Å²) in [6.45, 7) is 9.25. The molecule has 1 aromatic carbocycles. The summed E-state index contributed by atoms with van der Waals surface area (Å²) in [5.41, 5.74) is 1.74. The average Bonchev–Trinajstić information content (AvgIpc) is 2.51. The number of anilines is 1. The summed E-state index contributed by atoms with van der Waals surface area (Å²) in [5.74, 6) is 0.0757. The maximum absolute atomic E-state index is 12.2. The fraction of sp³-hybridized carbons (Fsp3) is 0.450. The van der Waals surface area contributed by atoms with Gasteiger partial charge in [-0.1, -0.05) is 37.0 Å². The third-order valence-electron chi connectivity index (χ3n) is 3.91. The zero-order chi connectivity index (χ0) is 21.2. The van der Waals surface area contributed by atoms with Crippen LogP contribution in [0.15, 0.2) is 23.0 Å². The third-order valence-corrected chi connectivity index (χ3v) is 4.58. The number of hydrogen-bond donors (Lipinski definition) is 1. The monoisotopic (exact) mass is 425 g/mol. The molecule has 0 radical (unpaired) electrons. The van der Waals surface area contributed by atoms with Crippen molar-refractivity contribution in [2.45, 2.75) is 52.6 Å². The summed E-state index contributed by atoms with van der Waals surface area (Å²) in [7, 11) is 1.62. The van der Waals surface area contributed by atoms with Crippen LogP contribution in [0.3, 0.4) is 0 Å². The van der Waals surface area contributed by atoms with Gasteiger partial charge in [0.1, 0.15) is 5.60 Å². The molecule has 152 valence electrons. The molecule has 28 heavy (non-hydrogen) atoms. The van der Waals surface area contributed by atoms with E-state index >= 15 is 0 Å². The van der Waals surface area contributed by atoms with Crippen molar-refractivity contribution in [3.8, 4) is 0 Å². The van der Waals surface area contributed by atoms with Crippen molar-refractivity contribution in [1.29, 1.82) is 0 Å². The maximum atomic E-state index is 12.2. The first-order valence-electron chi connectivity index (χ1n) is 8.92. The molecule has 6 nitrogen and oxygen atoms in total. The molecule has 0 bridgehead atoms. The molecule has 2 rings (SSSR count). The van der Waals surface area contributed by atoms with Gasteiger partial charge in [-0.25, -0.2) is 9.48 Å². The van der Waals surface area contributed by atoms with E-state index in [1.165, 1.54) is 4.68 Å². The Balaban J connectivity index is 2.29. The number of carbonyl (C=O) groups excluding carboxylic acids is 1.